The van der Waals surface area contributed by atoms with Crippen LogP contribution in [-0.2, 0) is 21.4 Å². The number of cyclic esters (lactones) is 1. The molecule has 138 valence electrons. The van der Waals surface area contributed by atoms with Crippen LogP contribution in [0.2, 0.25) is 0 Å². The van der Waals surface area contributed by atoms with Crippen LogP contribution in [0.25, 0.3) is 0 Å². The van der Waals surface area contributed by atoms with Crippen LogP contribution in [0.15, 0.2) is 4.52 Å². The maximum Gasteiger partial charge on any atom is 0.306 e. The lowest BCUT2D eigenvalue weighted by Gasteiger charge is -2.58. The van der Waals surface area contributed by atoms with E-state index in [-0.39, 0.29) is 22.3 Å². The van der Waals surface area contributed by atoms with Crippen molar-refractivity contribution < 1.29 is 24.6 Å². The molecule has 4 aliphatic rings. The Morgan fingerprint density at radius 3 is 2.76 bits per heavy atom. The minimum absolute atomic E-state index is 0. The maximum atomic E-state index is 12.0. The number of nitrogens with zero attached hydrogens (tertiary/aromatic N) is 1. The van der Waals surface area contributed by atoms with E-state index in [9.17, 15) is 9.90 Å². The number of fused-ring (bicyclic) bond motifs is 4. The van der Waals surface area contributed by atoms with Gasteiger partial charge in [-0.1, -0.05) is 19.0 Å². The first-order valence-electron chi connectivity index (χ1n) is 9.25. The lowest BCUT2D eigenvalue weighted by atomic mass is 9.47. The fraction of sp³-hybridized carbons (Fsp3) is 0.789. The standard InChI is InChI=1S/C19H25NO4.H2O/c1-18-5-3-11-10(12(18)8-15(22)23-9-18)7-13-16-17(24-20-13)14(21)4-6-19(11,16)2;/h10-12,14,21H,3-9H2,1-2H3;1H2/t10-,11+,12+,14+,18-,19-;/m1./s1. The normalized spacial score (nSPS) is 44.7. The molecule has 1 saturated heterocycles. The van der Waals surface area contributed by atoms with Gasteiger partial charge in [-0.25, -0.2) is 0 Å². The van der Waals surface area contributed by atoms with Crippen molar-refractivity contribution in [2.45, 2.75) is 63.9 Å². The highest BCUT2D eigenvalue weighted by molar-refractivity contribution is 5.71. The van der Waals surface area contributed by atoms with Crippen LogP contribution in [0.1, 0.15) is 69.1 Å². The van der Waals surface area contributed by atoms with E-state index in [1.165, 1.54) is 5.56 Å². The van der Waals surface area contributed by atoms with Crippen LogP contribution < -0.4 is 0 Å². The first-order chi connectivity index (χ1) is 11.4. The Morgan fingerprint density at radius 2 is 1.96 bits per heavy atom. The molecule has 0 bridgehead atoms. The summed E-state index contributed by atoms with van der Waals surface area (Å²) in [7, 11) is 0. The van der Waals surface area contributed by atoms with Crippen molar-refractivity contribution in [1.29, 1.82) is 0 Å². The van der Waals surface area contributed by atoms with Crippen LogP contribution in [0, 0.1) is 23.2 Å². The fourth-order valence-corrected chi connectivity index (χ4v) is 6.42. The van der Waals surface area contributed by atoms with Crippen molar-refractivity contribution >= 4 is 5.97 Å². The summed E-state index contributed by atoms with van der Waals surface area (Å²) in [5.74, 6) is 2.03. The summed E-state index contributed by atoms with van der Waals surface area (Å²) in [5, 5.41) is 14.6. The molecule has 0 amide bonds. The topological polar surface area (TPSA) is 104 Å². The molecule has 2 fully saturated rings. The van der Waals surface area contributed by atoms with E-state index in [2.05, 4.69) is 19.0 Å². The molecule has 2 heterocycles. The predicted molar refractivity (Wildman–Crippen MR) is 88.8 cm³/mol. The zero-order chi connectivity index (χ0) is 16.7. The van der Waals surface area contributed by atoms with Gasteiger partial charge in [-0.3, -0.25) is 4.79 Å². The number of rotatable bonds is 0. The Labute approximate surface area is 147 Å². The molecule has 0 unspecified atom stereocenters. The van der Waals surface area contributed by atoms with E-state index in [4.69, 9.17) is 9.26 Å². The van der Waals surface area contributed by atoms with Crippen molar-refractivity contribution in [2.24, 2.45) is 23.2 Å². The second kappa shape index (κ2) is 5.30. The molecule has 1 saturated carbocycles. The minimum atomic E-state index is -0.510. The van der Waals surface area contributed by atoms with E-state index in [1.54, 1.807) is 0 Å². The van der Waals surface area contributed by atoms with Crippen LogP contribution in [0.4, 0.5) is 0 Å². The fourth-order valence-electron chi connectivity index (χ4n) is 6.42. The molecular weight excluding hydrogens is 322 g/mol. The molecule has 3 aliphatic carbocycles. The van der Waals surface area contributed by atoms with Gasteiger partial charge in [-0.15, -0.1) is 0 Å². The Morgan fingerprint density at radius 1 is 1.16 bits per heavy atom. The van der Waals surface area contributed by atoms with Crippen molar-refractivity contribution in [3.63, 3.8) is 0 Å². The minimum Gasteiger partial charge on any atom is -0.465 e. The number of aliphatic hydroxyl groups excluding tert-OH is 1. The first-order valence-corrected chi connectivity index (χ1v) is 9.25. The molecular formula is C19H27NO5. The number of aliphatic hydroxyl groups is 1. The number of aromatic nitrogens is 1. The average Bonchev–Trinajstić information content (AvgIpc) is 2.98. The number of ether oxygens (including phenoxy) is 1. The highest BCUT2D eigenvalue weighted by atomic mass is 16.5. The summed E-state index contributed by atoms with van der Waals surface area (Å²) < 4.78 is 11.0. The zero-order valence-electron chi connectivity index (χ0n) is 14.9. The Bertz CT molecular complexity index is 715. The summed E-state index contributed by atoms with van der Waals surface area (Å²) in [6.45, 7) is 5.18. The molecule has 5 rings (SSSR count). The highest BCUT2D eigenvalue weighted by Gasteiger charge is 2.59. The van der Waals surface area contributed by atoms with Gasteiger partial charge in [0, 0.05) is 22.8 Å². The van der Waals surface area contributed by atoms with E-state index >= 15 is 0 Å². The lowest BCUT2D eigenvalue weighted by Crippen LogP contribution is -2.56. The van der Waals surface area contributed by atoms with Crippen molar-refractivity contribution in [3.8, 4) is 0 Å². The smallest absolute Gasteiger partial charge is 0.306 e. The van der Waals surface area contributed by atoms with Gasteiger partial charge in [0.15, 0.2) is 5.76 Å². The Hall–Kier alpha value is -1.40. The number of hydrogen-bond donors (Lipinski definition) is 1. The third-order valence-electron chi connectivity index (χ3n) is 7.75. The molecule has 1 aliphatic heterocycles. The molecule has 6 atom stereocenters. The molecule has 6 nitrogen and oxygen atoms in total. The third kappa shape index (κ3) is 2.10. The van der Waals surface area contributed by atoms with Gasteiger partial charge in [-0.05, 0) is 49.9 Å². The van der Waals surface area contributed by atoms with Gasteiger partial charge in [0.1, 0.15) is 6.10 Å². The van der Waals surface area contributed by atoms with Gasteiger partial charge in [0.25, 0.3) is 0 Å². The largest absolute Gasteiger partial charge is 0.465 e. The third-order valence-corrected chi connectivity index (χ3v) is 7.75. The number of carbonyl (C=O) groups is 1. The summed E-state index contributed by atoms with van der Waals surface area (Å²) >= 11 is 0. The molecule has 1 aromatic heterocycles. The summed E-state index contributed by atoms with van der Waals surface area (Å²) in [6.07, 6.45) is 4.89. The van der Waals surface area contributed by atoms with Gasteiger partial charge in [0.05, 0.1) is 12.3 Å². The van der Waals surface area contributed by atoms with Gasteiger partial charge in [0.2, 0.25) is 0 Å². The molecule has 0 spiro atoms. The van der Waals surface area contributed by atoms with Crippen molar-refractivity contribution in [1.82, 2.24) is 5.16 Å². The Kier molecular flexibility index (Phi) is 3.61. The highest BCUT2D eigenvalue weighted by Crippen LogP contribution is 2.62. The monoisotopic (exact) mass is 349 g/mol. The van der Waals surface area contributed by atoms with E-state index in [0.717, 1.165) is 37.8 Å². The first kappa shape index (κ1) is 17.0. The van der Waals surface area contributed by atoms with Gasteiger partial charge >= 0.3 is 5.97 Å². The van der Waals surface area contributed by atoms with E-state index in [1.807, 2.05) is 0 Å². The molecule has 0 aromatic carbocycles. The maximum absolute atomic E-state index is 12.0. The van der Waals surface area contributed by atoms with Crippen LogP contribution >= 0.6 is 0 Å². The van der Waals surface area contributed by atoms with Crippen LogP contribution in [0.5, 0.6) is 0 Å². The van der Waals surface area contributed by atoms with E-state index in [0.29, 0.717) is 36.5 Å². The second-order valence-corrected chi connectivity index (χ2v) is 8.98. The van der Waals surface area contributed by atoms with Crippen LogP contribution in [-0.4, -0.2) is 28.3 Å². The van der Waals surface area contributed by atoms with Crippen LogP contribution in [0.3, 0.4) is 0 Å². The van der Waals surface area contributed by atoms with Gasteiger partial charge < -0.3 is 19.8 Å². The van der Waals surface area contributed by atoms with Crippen molar-refractivity contribution in [2.75, 3.05) is 6.61 Å². The Balaban J connectivity index is 0.00000157. The van der Waals surface area contributed by atoms with Gasteiger partial charge in [-0.2, -0.15) is 0 Å². The number of esters is 1. The summed E-state index contributed by atoms with van der Waals surface area (Å²) in [6, 6.07) is 0. The predicted octanol–water partition coefficient (Wildman–Crippen LogP) is 2.09. The number of hydrogen-bond acceptors (Lipinski definition) is 5. The quantitative estimate of drug-likeness (QED) is 0.722. The SMILES string of the molecule is C[C@]12CC[C@H]3[C@@H](Cc4noc5c4[C@]3(C)CC[C@@H]5O)[C@@H]1CC(=O)OC2.O. The van der Waals surface area contributed by atoms with Crippen molar-refractivity contribution in [3.05, 3.63) is 17.0 Å². The lowest BCUT2D eigenvalue weighted by molar-refractivity contribution is -0.171. The average molecular weight is 349 g/mol. The zero-order valence-corrected chi connectivity index (χ0v) is 14.9. The second-order valence-electron chi connectivity index (χ2n) is 8.98. The summed E-state index contributed by atoms with van der Waals surface area (Å²) in [5.41, 5.74) is 2.33. The molecule has 3 N–H and O–H groups in total. The molecule has 6 heteroatoms. The molecule has 25 heavy (non-hydrogen) atoms. The summed E-state index contributed by atoms with van der Waals surface area (Å²) in [4.78, 5) is 12.0. The number of carbonyl (C=O) groups excluding carboxylic acids is 1. The van der Waals surface area contributed by atoms with E-state index < -0.39 is 6.10 Å². The molecule has 1 aromatic rings. The molecule has 0 radical (unpaired) electrons.